The minimum absolute atomic E-state index is 0.0151. The number of ether oxygens (including phenoxy) is 1. The van der Waals surface area contributed by atoms with Gasteiger partial charge in [0.25, 0.3) is 0 Å². The molecule has 2 rings (SSSR count). The van der Waals surface area contributed by atoms with Crippen molar-refractivity contribution in [1.82, 2.24) is 4.90 Å². The molecule has 2 N–H and O–H groups in total. The van der Waals surface area contributed by atoms with Gasteiger partial charge in [-0.3, -0.25) is 4.90 Å². The first-order chi connectivity index (χ1) is 9.22. The van der Waals surface area contributed by atoms with Gasteiger partial charge in [-0.15, -0.1) is 0 Å². The topological polar surface area (TPSA) is 62.3 Å². The molecule has 1 saturated heterocycles. The fraction of sp³-hybridized carbons (Fsp3) is 0.533. The lowest BCUT2D eigenvalue weighted by molar-refractivity contribution is -0.0516. The lowest BCUT2D eigenvalue weighted by Crippen LogP contribution is -2.50. The molecule has 0 aromatic heterocycles. The Balaban J connectivity index is 2.13. The van der Waals surface area contributed by atoms with E-state index in [1.54, 1.807) is 0 Å². The highest BCUT2D eigenvalue weighted by atomic mass is 16.5. The Morgan fingerprint density at radius 1 is 1.47 bits per heavy atom. The maximum absolute atomic E-state index is 9.07. The maximum Gasteiger partial charge on any atom is 0.0850 e. The van der Waals surface area contributed by atoms with Crippen LogP contribution in [0.1, 0.15) is 24.9 Å². The summed E-state index contributed by atoms with van der Waals surface area (Å²) in [5.41, 5.74) is 7.11. The summed E-state index contributed by atoms with van der Waals surface area (Å²) in [6.07, 6.45) is 0.550. The van der Waals surface area contributed by atoms with Crippen LogP contribution in [0.2, 0.25) is 0 Å². The predicted molar refractivity (Wildman–Crippen MR) is 74.4 cm³/mol. The molecule has 1 aromatic carbocycles. The normalized spacial score (nSPS) is 23.5. The number of hydrogen-bond acceptors (Lipinski definition) is 4. The van der Waals surface area contributed by atoms with Gasteiger partial charge < -0.3 is 10.5 Å². The molecule has 0 saturated carbocycles. The molecule has 3 unspecified atom stereocenters. The summed E-state index contributed by atoms with van der Waals surface area (Å²) < 4.78 is 5.68. The summed E-state index contributed by atoms with van der Waals surface area (Å²) in [5.74, 6) is 0. The van der Waals surface area contributed by atoms with E-state index in [0.29, 0.717) is 13.0 Å². The Labute approximate surface area is 114 Å². The van der Waals surface area contributed by atoms with E-state index >= 15 is 0 Å². The van der Waals surface area contributed by atoms with E-state index in [1.165, 1.54) is 5.56 Å². The molecule has 19 heavy (non-hydrogen) atoms. The van der Waals surface area contributed by atoms with Gasteiger partial charge in [0.15, 0.2) is 0 Å². The first-order valence-corrected chi connectivity index (χ1v) is 6.75. The summed E-state index contributed by atoms with van der Waals surface area (Å²) in [7, 11) is 0. The quantitative estimate of drug-likeness (QED) is 0.893. The summed E-state index contributed by atoms with van der Waals surface area (Å²) >= 11 is 0. The van der Waals surface area contributed by atoms with Gasteiger partial charge in [-0.1, -0.05) is 30.3 Å². The predicted octanol–water partition coefficient (Wildman–Crippen LogP) is 1.69. The van der Waals surface area contributed by atoms with Crippen LogP contribution in [0.4, 0.5) is 0 Å². The van der Waals surface area contributed by atoms with Crippen LogP contribution in [0, 0.1) is 11.3 Å². The van der Waals surface area contributed by atoms with Crippen LogP contribution in [0.3, 0.4) is 0 Å². The van der Waals surface area contributed by atoms with Crippen molar-refractivity contribution in [2.75, 3.05) is 19.7 Å². The number of nitriles is 1. The van der Waals surface area contributed by atoms with Crippen molar-refractivity contribution in [1.29, 1.82) is 5.26 Å². The minimum Gasteiger partial charge on any atom is -0.374 e. The average molecular weight is 259 g/mol. The molecule has 0 spiro atoms. The van der Waals surface area contributed by atoms with Crippen molar-refractivity contribution >= 4 is 0 Å². The Hall–Kier alpha value is -1.41. The number of morpholine rings is 1. The molecule has 4 nitrogen and oxygen atoms in total. The van der Waals surface area contributed by atoms with Crippen molar-refractivity contribution < 1.29 is 4.74 Å². The van der Waals surface area contributed by atoms with Crippen LogP contribution in [-0.2, 0) is 4.74 Å². The Kier molecular flexibility index (Phi) is 4.92. The third-order valence-corrected chi connectivity index (χ3v) is 3.62. The molecular formula is C15H21N3O. The summed E-state index contributed by atoms with van der Waals surface area (Å²) in [6.45, 7) is 4.29. The third kappa shape index (κ3) is 3.54. The summed E-state index contributed by atoms with van der Waals surface area (Å²) in [6, 6.07) is 12.6. The smallest absolute Gasteiger partial charge is 0.0850 e. The second-order valence-corrected chi connectivity index (χ2v) is 5.05. The highest BCUT2D eigenvalue weighted by Crippen LogP contribution is 2.26. The van der Waals surface area contributed by atoms with Crippen LogP contribution in [0.15, 0.2) is 30.3 Å². The highest BCUT2D eigenvalue weighted by Gasteiger charge is 2.28. The SMILES string of the molecule is CC(N)C1CN(C(CC#N)c2ccccc2)CCO1. The van der Waals surface area contributed by atoms with Gasteiger partial charge in [-0.25, -0.2) is 0 Å². The van der Waals surface area contributed by atoms with Crippen LogP contribution < -0.4 is 5.73 Å². The monoisotopic (exact) mass is 259 g/mol. The zero-order valence-corrected chi connectivity index (χ0v) is 11.3. The average Bonchev–Trinajstić information content (AvgIpc) is 2.46. The highest BCUT2D eigenvalue weighted by molar-refractivity contribution is 5.20. The third-order valence-electron chi connectivity index (χ3n) is 3.62. The van der Waals surface area contributed by atoms with Crippen molar-refractivity contribution in [2.45, 2.75) is 31.5 Å². The number of nitrogens with zero attached hydrogens (tertiary/aromatic N) is 2. The van der Waals surface area contributed by atoms with Gasteiger partial charge >= 0.3 is 0 Å². The van der Waals surface area contributed by atoms with E-state index in [1.807, 2.05) is 25.1 Å². The minimum atomic E-state index is 0.0151. The molecule has 4 heteroatoms. The molecule has 3 atom stereocenters. The summed E-state index contributed by atoms with van der Waals surface area (Å²) in [5, 5.41) is 9.07. The fourth-order valence-electron chi connectivity index (χ4n) is 2.52. The van der Waals surface area contributed by atoms with Crippen molar-refractivity contribution in [2.24, 2.45) is 5.73 Å². The number of nitrogens with two attached hydrogens (primary N) is 1. The maximum atomic E-state index is 9.07. The van der Waals surface area contributed by atoms with E-state index in [2.05, 4.69) is 23.1 Å². The van der Waals surface area contributed by atoms with Crippen molar-refractivity contribution in [3.63, 3.8) is 0 Å². The molecule has 1 heterocycles. The lowest BCUT2D eigenvalue weighted by Gasteiger charge is -2.39. The lowest BCUT2D eigenvalue weighted by atomic mass is 10.0. The molecule has 1 aliphatic heterocycles. The molecule has 102 valence electrons. The van der Waals surface area contributed by atoms with Crippen LogP contribution in [0.5, 0.6) is 0 Å². The van der Waals surface area contributed by atoms with Crippen LogP contribution >= 0.6 is 0 Å². The van der Waals surface area contributed by atoms with E-state index < -0.39 is 0 Å². The Morgan fingerprint density at radius 2 is 2.21 bits per heavy atom. The zero-order valence-electron chi connectivity index (χ0n) is 11.3. The molecule has 1 aromatic rings. The molecule has 0 bridgehead atoms. The van der Waals surface area contributed by atoms with E-state index in [4.69, 9.17) is 15.7 Å². The van der Waals surface area contributed by atoms with Crippen LogP contribution in [-0.4, -0.2) is 36.7 Å². The number of hydrogen-bond donors (Lipinski definition) is 1. The van der Waals surface area contributed by atoms with Crippen molar-refractivity contribution in [3.05, 3.63) is 35.9 Å². The van der Waals surface area contributed by atoms with E-state index in [0.717, 1.165) is 13.1 Å². The standard InChI is InChI=1S/C15H21N3O/c1-12(17)15-11-18(9-10-19-15)14(7-8-16)13-5-3-2-4-6-13/h2-6,12,14-15H,7,9-11,17H2,1H3. The number of rotatable bonds is 4. The molecule has 0 aliphatic carbocycles. The molecule has 0 amide bonds. The number of benzene rings is 1. The summed E-state index contributed by atoms with van der Waals surface area (Å²) in [4.78, 5) is 2.32. The molecule has 0 radical (unpaired) electrons. The van der Waals surface area contributed by atoms with Crippen LogP contribution in [0.25, 0.3) is 0 Å². The molecule has 1 aliphatic rings. The second kappa shape index (κ2) is 6.67. The second-order valence-electron chi connectivity index (χ2n) is 5.05. The fourth-order valence-corrected chi connectivity index (χ4v) is 2.52. The Morgan fingerprint density at radius 3 is 2.84 bits per heavy atom. The Bertz CT molecular complexity index is 427. The molecule has 1 fully saturated rings. The van der Waals surface area contributed by atoms with Crippen molar-refractivity contribution in [3.8, 4) is 6.07 Å². The first-order valence-electron chi connectivity index (χ1n) is 6.75. The molecular weight excluding hydrogens is 238 g/mol. The largest absolute Gasteiger partial charge is 0.374 e. The zero-order chi connectivity index (χ0) is 13.7. The van der Waals surface area contributed by atoms with E-state index in [9.17, 15) is 0 Å². The van der Waals surface area contributed by atoms with Gasteiger partial charge in [0.05, 0.1) is 25.2 Å². The van der Waals surface area contributed by atoms with Gasteiger partial charge in [0, 0.05) is 25.2 Å². The first kappa shape index (κ1) is 14.0. The van der Waals surface area contributed by atoms with E-state index in [-0.39, 0.29) is 18.2 Å². The van der Waals surface area contributed by atoms with Gasteiger partial charge in [0.1, 0.15) is 0 Å². The van der Waals surface area contributed by atoms with Gasteiger partial charge in [-0.2, -0.15) is 5.26 Å². The van der Waals surface area contributed by atoms with Gasteiger partial charge in [0.2, 0.25) is 0 Å². The van der Waals surface area contributed by atoms with Gasteiger partial charge in [-0.05, 0) is 12.5 Å².